The number of nitrogens with two attached hydrogens (primary N) is 1. The highest BCUT2D eigenvalue weighted by atomic mass is 19.1. The zero-order valence-corrected chi connectivity index (χ0v) is 23.6. The van der Waals surface area contributed by atoms with E-state index in [-0.39, 0.29) is 17.9 Å². The number of anilines is 2. The quantitative estimate of drug-likeness (QED) is 0.370. The van der Waals surface area contributed by atoms with Crippen LogP contribution in [0.5, 0.6) is 5.75 Å². The minimum absolute atomic E-state index is 0.222. The fraction of sp³-hybridized carbons (Fsp3) is 0.567. The van der Waals surface area contributed by atoms with Crippen molar-refractivity contribution in [2.24, 2.45) is 17.6 Å². The van der Waals surface area contributed by atoms with Crippen LogP contribution in [0, 0.1) is 23.5 Å². The van der Waals surface area contributed by atoms with E-state index in [1.54, 1.807) is 6.20 Å². The molecule has 2 aromatic heterocycles. The van der Waals surface area contributed by atoms with Gasteiger partial charge < -0.3 is 24.8 Å². The molecule has 0 bridgehead atoms. The van der Waals surface area contributed by atoms with Crippen LogP contribution in [-0.2, 0) is 0 Å². The molecule has 2 aliphatic heterocycles. The molecule has 4 heterocycles. The zero-order valence-electron chi connectivity index (χ0n) is 23.6. The van der Waals surface area contributed by atoms with E-state index in [0.717, 1.165) is 55.8 Å². The highest BCUT2D eigenvalue weighted by Crippen LogP contribution is 2.32. The number of pyridine rings is 1. The molecular weight excluding hydrogens is 514 g/mol. The number of aromatic nitrogens is 3. The summed E-state index contributed by atoms with van der Waals surface area (Å²) >= 11 is 0. The largest absolute Gasteiger partial charge is 0.492 e. The van der Waals surface area contributed by atoms with Crippen molar-refractivity contribution in [1.29, 1.82) is 0 Å². The van der Waals surface area contributed by atoms with Crippen LogP contribution < -0.4 is 20.3 Å². The van der Waals surface area contributed by atoms with Crippen molar-refractivity contribution >= 4 is 11.8 Å². The van der Waals surface area contributed by atoms with Gasteiger partial charge in [0.05, 0.1) is 12.8 Å². The number of piperidine rings is 2. The summed E-state index contributed by atoms with van der Waals surface area (Å²) in [5, 5.41) is 4.09. The highest BCUT2D eigenvalue weighted by molar-refractivity contribution is 5.42. The molecule has 5 rings (SSSR count). The van der Waals surface area contributed by atoms with Gasteiger partial charge in [0.2, 0.25) is 0 Å². The first-order valence-corrected chi connectivity index (χ1v) is 14.4. The van der Waals surface area contributed by atoms with E-state index < -0.39 is 11.6 Å². The maximum Gasteiger partial charge on any atom is 0.324 e. The first-order chi connectivity index (χ1) is 19.3. The highest BCUT2D eigenvalue weighted by Gasteiger charge is 2.31. The first kappa shape index (κ1) is 28.3. The predicted octanol–water partition coefficient (Wildman–Crippen LogP) is 5.51. The van der Waals surface area contributed by atoms with Crippen LogP contribution >= 0.6 is 0 Å². The Labute approximate surface area is 234 Å². The van der Waals surface area contributed by atoms with Crippen LogP contribution in [0.1, 0.15) is 69.7 Å². The third-order valence-corrected chi connectivity index (χ3v) is 8.46. The molecule has 8 nitrogen and oxygen atoms in total. The lowest BCUT2D eigenvalue weighted by molar-refractivity contribution is 0.220. The summed E-state index contributed by atoms with van der Waals surface area (Å²) < 4.78 is 39.4. The molecule has 2 N–H and O–H groups in total. The Morgan fingerprint density at radius 3 is 2.50 bits per heavy atom. The molecule has 2 fully saturated rings. The van der Waals surface area contributed by atoms with E-state index in [1.165, 1.54) is 12.1 Å². The molecule has 0 unspecified atom stereocenters. The zero-order chi connectivity index (χ0) is 28.2. The molecule has 3 atom stereocenters. The van der Waals surface area contributed by atoms with Crippen LogP contribution in [0.4, 0.5) is 20.6 Å². The standard InChI is InChI=1S/C30H40F2N6O2/c1-19(2)29-35-30(40-36-29)37-12-8-21(9-13-37)20(3)11-15-39-23-5-7-28(34-17-23)38-14-10-24(27(33)18-38)25-16-22(31)4-6-26(25)32/h4-7,16-17,19-21,24,27H,8-15,18,33H2,1-3H3/t20-,24+,27-/m1/s1. The van der Waals surface area contributed by atoms with Gasteiger partial charge in [-0.05, 0) is 73.4 Å². The van der Waals surface area contributed by atoms with Gasteiger partial charge in [0.15, 0.2) is 5.82 Å². The van der Waals surface area contributed by atoms with Gasteiger partial charge >= 0.3 is 6.01 Å². The maximum absolute atomic E-state index is 14.3. The smallest absolute Gasteiger partial charge is 0.324 e. The van der Waals surface area contributed by atoms with Crippen molar-refractivity contribution < 1.29 is 18.0 Å². The second-order valence-corrected chi connectivity index (χ2v) is 11.6. The van der Waals surface area contributed by atoms with Gasteiger partial charge in [-0.25, -0.2) is 13.8 Å². The van der Waals surface area contributed by atoms with E-state index in [4.69, 9.17) is 15.0 Å². The Hall–Kier alpha value is -3.27. The SMILES string of the molecule is CC(C)c1noc(N2CCC([C@H](C)CCOc3ccc(N4CC[C@@H](c5cc(F)ccc5F)[C@H](N)C4)nc3)CC2)n1. The van der Waals surface area contributed by atoms with Gasteiger partial charge in [0, 0.05) is 44.1 Å². The van der Waals surface area contributed by atoms with E-state index in [0.29, 0.717) is 49.5 Å². The lowest BCUT2D eigenvalue weighted by atomic mass is 9.84. The molecular formula is C30H40F2N6O2. The Morgan fingerprint density at radius 2 is 1.82 bits per heavy atom. The van der Waals surface area contributed by atoms with Crippen molar-refractivity contribution in [3.8, 4) is 5.75 Å². The average Bonchev–Trinajstić information content (AvgIpc) is 3.46. The molecule has 216 valence electrons. The molecule has 2 saturated heterocycles. The van der Waals surface area contributed by atoms with Gasteiger partial charge in [-0.15, -0.1) is 0 Å². The topological polar surface area (TPSA) is 93.5 Å². The predicted molar refractivity (Wildman–Crippen MR) is 151 cm³/mol. The molecule has 2 aliphatic rings. The number of hydrogen-bond donors (Lipinski definition) is 1. The number of rotatable bonds is 9. The molecule has 0 amide bonds. The average molecular weight is 555 g/mol. The monoisotopic (exact) mass is 554 g/mol. The van der Waals surface area contributed by atoms with E-state index >= 15 is 0 Å². The van der Waals surface area contributed by atoms with Gasteiger partial charge in [-0.2, -0.15) is 4.98 Å². The number of nitrogens with zero attached hydrogens (tertiary/aromatic N) is 5. The first-order valence-electron chi connectivity index (χ1n) is 14.4. The lowest BCUT2D eigenvalue weighted by Crippen LogP contribution is -2.48. The van der Waals surface area contributed by atoms with Crippen LogP contribution in [0.25, 0.3) is 0 Å². The molecule has 0 saturated carbocycles. The molecule has 40 heavy (non-hydrogen) atoms. The summed E-state index contributed by atoms with van der Waals surface area (Å²) in [6.45, 7) is 10.1. The van der Waals surface area contributed by atoms with E-state index in [9.17, 15) is 8.78 Å². The molecule has 1 aromatic carbocycles. The second kappa shape index (κ2) is 12.5. The van der Waals surface area contributed by atoms with Crippen LogP contribution in [-0.4, -0.2) is 54.0 Å². The normalized spacial score (nSPS) is 21.2. The molecule has 10 heteroatoms. The maximum atomic E-state index is 14.3. The molecule has 0 radical (unpaired) electrons. The van der Waals surface area contributed by atoms with Crippen molar-refractivity contribution in [2.45, 2.75) is 64.3 Å². The minimum Gasteiger partial charge on any atom is -0.492 e. The molecule has 3 aromatic rings. The van der Waals surface area contributed by atoms with Gasteiger partial charge in [0.25, 0.3) is 0 Å². The Kier molecular flexibility index (Phi) is 8.83. The number of benzene rings is 1. The summed E-state index contributed by atoms with van der Waals surface area (Å²) in [6, 6.07) is 7.77. The van der Waals surface area contributed by atoms with Crippen LogP contribution in [0.15, 0.2) is 41.1 Å². The Morgan fingerprint density at radius 1 is 1.05 bits per heavy atom. The Bertz CT molecular complexity index is 1250. The van der Waals surface area contributed by atoms with Gasteiger partial charge in [0.1, 0.15) is 23.2 Å². The van der Waals surface area contributed by atoms with E-state index in [2.05, 4.69) is 45.7 Å². The van der Waals surface area contributed by atoms with Gasteiger partial charge in [-0.3, -0.25) is 0 Å². The number of halogens is 2. The fourth-order valence-corrected chi connectivity index (χ4v) is 5.87. The lowest BCUT2D eigenvalue weighted by Gasteiger charge is -2.37. The van der Waals surface area contributed by atoms with Crippen molar-refractivity contribution in [3.63, 3.8) is 0 Å². The third kappa shape index (κ3) is 6.54. The van der Waals surface area contributed by atoms with Crippen molar-refractivity contribution in [2.75, 3.05) is 42.6 Å². The van der Waals surface area contributed by atoms with E-state index in [1.807, 2.05) is 12.1 Å². The number of hydrogen-bond acceptors (Lipinski definition) is 8. The Balaban J connectivity index is 1.05. The van der Waals surface area contributed by atoms with Gasteiger partial charge in [-0.1, -0.05) is 25.9 Å². The summed E-state index contributed by atoms with van der Waals surface area (Å²) in [6.07, 6.45) is 5.55. The minimum atomic E-state index is -0.441. The summed E-state index contributed by atoms with van der Waals surface area (Å²) in [5.74, 6) is 2.69. The summed E-state index contributed by atoms with van der Waals surface area (Å²) in [7, 11) is 0. The van der Waals surface area contributed by atoms with Crippen molar-refractivity contribution in [3.05, 3.63) is 59.6 Å². The second-order valence-electron chi connectivity index (χ2n) is 11.6. The van der Waals surface area contributed by atoms with Crippen LogP contribution in [0.3, 0.4) is 0 Å². The third-order valence-electron chi connectivity index (χ3n) is 8.46. The number of ether oxygens (including phenoxy) is 1. The van der Waals surface area contributed by atoms with Crippen LogP contribution in [0.2, 0.25) is 0 Å². The molecule has 0 spiro atoms. The fourth-order valence-electron chi connectivity index (χ4n) is 5.87. The van der Waals surface area contributed by atoms with Crippen molar-refractivity contribution in [1.82, 2.24) is 15.1 Å². The summed E-state index contributed by atoms with van der Waals surface area (Å²) in [4.78, 5) is 13.4. The summed E-state index contributed by atoms with van der Waals surface area (Å²) in [5.41, 5.74) is 6.75. The molecule has 0 aliphatic carbocycles.